The van der Waals surface area contributed by atoms with Gasteiger partial charge in [0.2, 0.25) is 5.88 Å². The van der Waals surface area contributed by atoms with Gasteiger partial charge >= 0.3 is 0 Å². The van der Waals surface area contributed by atoms with Gasteiger partial charge < -0.3 is 24.2 Å². The van der Waals surface area contributed by atoms with E-state index in [0.29, 0.717) is 5.88 Å². The Morgan fingerprint density at radius 3 is 2.57 bits per heavy atom. The first-order valence-corrected chi connectivity index (χ1v) is 12.2. The highest BCUT2D eigenvalue weighted by molar-refractivity contribution is 5.74. The van der Waals surface area contributed by atoms with Crippen molar-refractivity contribution in [1.82, 2.24) is 9.88 Å². The van der Waals surface area contributed by atoms with Crippen LogP contribution in [-0.2, 0) is 12.0 Å². The molecule has 1 aromatic heterocycles. The maximum Gasteiger partial charge on any atom is 0.226 e. The monoisotopic (exact) mass is 472 g/mol. The minimum Gasteiger partial charge on any atom is -0.497 e. The molecule has 182 valence electrons. The molecule has 2 aliphatic rings. The summed E-state index contributed by atoms with van der Waals surface area (Å²) < 4.78 is 17.0. The average molecular weight is 473 g/mol. The number of fused-ring (bicyclic) bond motifs is 2. The largest absolute Gasteiger partial charge is 0.497 e. The number of aromatic nitrogens is 1. The minimum atomic E-state index is -0.773. The molecule has 6 nitrogen and oxygen atoms in total. The van der Waals surface area contributed by atoms with Gasteiger partial charge in [0.1, 0.15) is 17.2 Å². The van der Waals surface area contributed by atoms with Crippen molar-refractivity contribution < 1.29 is 19.3 Å². The second kappa shape index (κ2) is 10.1. The second-order valence-electron chi connectivity index (χ2n) is 9.19. The van der Waals surface area contributed by atoms with Crippen LogP contribution in [0.3, 0.4) is 0 Å². The van der Waals surface area contributed by atoms with Crippen LogP contribution in [-0.4, -0.2) is 48.8 Å². The molecule has 6 heteroatoms. The molecule has 1 saturated heterocycles. The maximum atomic E-state index is 11.2. The molecule has 2 aromatic carbocycles. The highest BCUT2D eigenvalue weighted by Gasteiger charge is 2.33. The van der Waals surface area contributed by atoms with Crippen LogP contribution in [0.15, 0.2) is 66.9 Å². The Bertz CT molecular complexity index is 1200. The molecule has 1 N–H and O–H groups in total. The van der Waals surface area contributed by atoms with Crippen LogP contribution in [0.5, 0.6) is 23.1 Å². The van der Waals surface area contributed by atoms with E-state index in [2.05, 4.69) is 22.0 Å². The fourth-order valence-corrected chi connectivity index (χ4v) is 5.05. The van der Waals surface area contributed by atoms with E-state index in [-0.39, 0.29) is 0 Å². The van der Waals surface area contributed by atoms with Gasteiger partial charge in [0.05, 0.1) is 19.8 Å². The SMILES string of the molecule is COc1ccc(C2(O)CCN(CC/C=C3/Cc4c(OC)cccc4Oc4ncccc43)CC2)cc1. The van der Waals surface area contributed by atoms with Crippen LogP contribution < -0.4 is 14.2 Å². The molecule has 35 heavy (non-hydrogen) atoms. The molecule has 0 saturated carbocycles. The Kier molecular flexibility index (Phi) is 6.75. The van der Waals surface area contributed by atoms with Crippen LogP contribution in [0.2, 0.25) is 0 Å². The van der Waals surface area contributed by atoms with Gasteiger partial charge in [0, 0.05) is 43.4 Å². The lowest BCUT2D eigenvalue weighted by Gasteiger charge is -2.38. The lowest BCUT2D eigenvalue weighted by molar-refractivity contribution is -0.0254. The first-order chi connectivity index (χ1) is 17.1. The van der Waals surface area contributed by atoms with Crippen LogP contribution in [0.1, 0.15) is 36.0 Å². The van der Waals surface area contributed by atoms with Crippen LogP contribution >= 0.6 is 0 Å². The third-order valence-corrected chi connectivity index (χ3v) is 7.15. The van der Waals surface area contributed by atoms with Gasteiger partial charge in [-0.05, 0) is 66.8 Å². The Labute approximate surface area is 206 Å². The summed E-state index contributed by atoms with van der Waals surface area (Å²) in [7, 11) is 3.35. The lowest BCUT2D eigenvalue weighted by Crippen LogP contribution is -2.42. The molecule has 2 aliphatic heterocycles. The quantitative estimate of drug-likeness (QED) is 0.532. The number of likely N-dealkylation sites (tertiary alicyclic amines) is 1. The van der Waals surface area contributed by atoms with Crippen molar-refractivity contribution in [2.45, 2.75) is 31.3 Å². The number of allylic oxidation sites excluding steroid dienone is 1. The number of nitrogens with zero attached hydrogens (tertiary/aromatic N) is 2. The second-order valence-corrected chi connectivity index (χ2v) is 9.19. The van der Waals surface area contributed by atoms with Crippen molar-refractivity contribution in [3.8, 4) is 23.1 Å². The van der Waals surface area contributed by atoms with Crippen molar-refractivity contribution in [2.24, 2.45) is 0 Å². The van der Waals surface area contributed by atoms with E-state index in [9.17, 15) is 5.11 Å². The number of methoxy groups -OCH3 is 2. The van der Waals surface area contributed by atoms with Crippen LogP contribution in [0.25, 0.3) is 5.57 Å². The summed E-state index contributed by atoms with van der Waals surface area (Å²) in [6.07, 6.45) is 7.15. The van der Waals surface area contributed by atoms with E-state index in [0.717, 1.165) is 79.3 Å². The molecular weight excluding hydrogens is 440 g/mol. The summed E-state index contributed by atoms with van der Waals surface area (Å²) in [5.41, 5.74) is 3.46. The highest BCUT2D eigenvalue weighted by Crippen LogP contribution is 2.41. The molecular formula is C29H32N2O4. The number of piperidine rings is 1. The third kappa shape index (κ3) is 4.90. The zero-order valence-electron chi connectivity index (χ0n) is 20.4. The summed E-state index contributed by atoms with van der Waals surface area (Å²) in [5, 5.41) is 11.2. The highest BCUT2D eigenvalue weighted by atomic mass is 16.5. The van der Waals surface area contributed by atoms with E-state index in [4.69, 9.17) is 14.2 Å². The molecule has 0 spiro atoms. The van der Waals surface area contributed by atoms with Gasteiger partial charge in [-0.15, -0.1) is 0 Å². The van der Waals surface area contributed by atoms with Crippen molar-refractivity contribution in [1.29, 1.82) is 0 Å². The fraction of sp³-hybridized carbons (Fsp3) is 0.345. The summed E-state index contributed by atoms with van der Waals surface area (Å²) in [5.74, 6) is 3.06. The Balaban J connectivity index is 1.27. The van der Waals surface area contributed by atoms with E-state index in [1.165, 1.54) is 5.57 Å². The van der Waals surface area contributed by atoms with Crippen molar-refractivity contribution >= 4 is 5.57 Å². The Morgan fingerprint density at radius 2 is 1.83 bits per heavy atom. The number of benzene rings is 2. The smallest absolute Gasteiger partial charge is 0.226 e. The lowest BCUT2D eigenvalue weighted by atomic mass is 9.84. The molecule has 0 amide bonds. The summed E-state index contributed by atoms with van der Waals surface area (Å²) >= 11 is 0. The summed E-state index contributed by atoms with van der Waals surface area (Å²) in [6.45, 7) is 2.67. The average Bonchev–Trinajstić information content (AvgIpc) is 3.06. The topological polar surface area (TPSA) is 64.1 Å². The number of pyridine rings is 1. The fourth-order valence-electron chi connectivity index (χ4n) is 5.05. The Hall–Kier alpha value is -3.35. The zero-order valence-corrected chi connectivity index (χ0v) is 20.4. The molecule has 3 heterocycles. The van der Waals surface area contributed by atoms with Crippen molar-refractivity contribution in [3.63, 3.8) is 0 Å². The van der Waals surface area contributed by atoms with Gasteiger partial charge in [-0.2, -0.15) is 0 Å². The molecule has 0 atom stereocenters. The predicted molar refractivity (Wildman–Crippen MR) is 136 cm³/mol. The summed E-state index contributed by atoms with van der Waals surface area (Å²) in [4.78, 5) is 6.92. The first kappa shape index (κ1) is 23.4. The van der Waals surface area contributed by atoms with E-state index in [1.807, 2.05) is 48.5 Å². The number of rotatable bonds is 6. The standard InChI is InChI=1S/C29H32N2O4/c1-33-23-12-10-22(11-13-23)29(32)14-18-31(19-15-29)17-5-6-21-20-25-26(34-2)8-3-9-27(25)35-28-24(21)7-4-16-30-28/h3-4,6-13,16,32H,5,14-15,17-20H2,1-2H3/b21-6-. The number of hydrogen-bond donors (Lipinski definition) is 1. The van der Waals surface area contributed by atoms with Crippen molar-refractivity contribution in [2.75, 3.05) is 33.9 Å². The van der Waals surface area contributed by atoms with E-state index in [1.54, 1.807) is 20.4 Å². The molecule has 0 radical (unpaired) electrons. The van der Waals surface area contributed by atoms with Gasteiger partial charge in [0.25, 0.3) is 0 Å². The van der Waals surface area contributed by atoms with E-state index >= 15 is 0 Å². The normalized spacial score (nSPS) is 18.2. The van der Waals surface area contributed by atoms with Gasteiger partial charge in [-0.3, -0.25) is 0 Å². The number of ether oxygens (including phenoxy) is 3. The minimum absolute atomic E-state index is 0.633. The molecule has 0 aliphatic carbocycles. The Morgan fingerprint density at radius 1 is 1.03 bits per heavy atom. The molecule has 1 fully saturated rings. The first-order valence-electron chi connectivity index (χ1n) is 12.2. The van der Waals surface area contributed by atoms with Gasteiger partial charge in [-0.25, -0.2) is 4.98 Å². The third-order valence-electron chi connectivity index (χ3n) is 7.15. The van der Waals surface area contributed by atoms with E-state index < -0.39 is 5.60 Å². The van der Waals surface area contributed by atoms with Gasteiger partial charge in [0.15, 0.2) is 0 Å². The van der Waals surface area contributed by atoms with Crippen molar-refractivity contribution in [3.05, 3.63) is 83.6 Å². The molecule has 0 bridgehead atoms. The van der Waals surface area contributed by atoms with Gasteiger partial charge in [-0.1, -0.05) is 24.3 Å². The van der Waals surface area contributed by atoms with Crippen LogP contribution in [0, 0.1) is 0 Å². The van der Waals surface area contributed by atoms with Crippen LogP contribution in [0.4, 0.5) is 0 Å². The number of aliphatic hydroxyl groups is 1. The predicted octanol–water partition coefficient (Wildman–Crippen LogP) is 5.20. The maximum absolute atomic E-state index is 11.2. The molecule has 0 unspecified atom stereocenters. The molecule has 5 rings (SSSR count). The summed E-state index contributed by atoms with van der Waals surface area (Å²) in [6, 6.07) is 17.7. The number of hydrogen-bond acceptors (Lipinski definition) is 6. The molecule has 3 aromatic rings. The zero-order chi connectivity index (χ0) is 24.3.